The van der Waals surface area contributed by atoms with Gasteiger partial charge < -0.3 is 16.2 Å². The smallest absolute Gasteiger partial charge is 0.231 e. The van der Waals surface area contributed by atoms with Crippen molar-refractivity contribution in [1.82, 2.24) is 4.90 Å². The highest BCUT2D eigenvalue weighted by molar-refractivity contribution is 7.80. The first-order valence-electron chi connectivity index (χ1n) is 6.92. The van der Waals surface area contributed by atoms with Gasteiger partial charge in [-0.25, -0.2) is 0 Å². The quantitative estimate of drug-likeness (QED) is 0.669. The predicted octanol–water partition coefficient (Wildman–Crippen LogP) is 1.14. The second-order valence-electron chi connectivity index (χ2n) is 5.30. The summed E-state index contributed by atoms with van der Waals surface area (Å²) in [6, 6.07) is 7.38. The summed E-state index contributed by atoms with van der Waals surface area (Å²) in [5.74, 6) is 0.779. The van der Waals surface area contributed by atoms with E-state index in [4.69, 9.17) is 28.4 Å². The van der Waals surface area contributed by atoms with E-state index in [1.807, 2.05) is 29.2 Å². The van der Waals surface area contributed by atoms with E-state index in [1.54, 1.807) is 0 Å². The van der Waals surface area contributed by atoms with Gasteiger partial charge >= 0.3 is 0 Å². The lowest BCUT2D eigenvalue weighted by atomic mass is 10.2. The molecule has 0 spiro atoms. The summed E-state index contributed by atoms with van der Waals surface area (Å²) in [5, 5.41) is 0. The Morgan fingerprint density at radius 3 is 2.57 bits per heavy atom. The van der Waals surface area contributed by atoms with Crippen LogP contribution in [-0.4, -0.2) is 42.0 Å². The van der Waals surface area contributed by atoms with Gasteiger partial charge in [0, 0.05) is 13.1 Å². The molecule has 5 nitrogen and oxygen atoms in total. The zero-order valence-electron chi connectivity index (χ0n) is 12.5. The Kier molecular flexibility index (Phi) is 7.11. The van der Waals surface area contributed by atoms with Gasteiger partial charge in [-0.1, -0.05) is 38.2 Å². The number of primary amides is 1. The topological polar surface area (TPSA) is 81.6 Å². The Morgan fingerprint density at radius 1 is 1.33 bits per heavy atom. The number of carbonyl (C=O) groups is 1. The number of hydrogen-bond acceptors (Lipinski definition) is 4. The van der Waals surface area contributed by atoms with Crippen molar-refractivity contribution in [3.05, 3.63) is 29.8 Å². The van der Waals surface area contributed by atoms with Gasteiger partial charge in [0.2, 0.25) is 5.91 Å². The molecule has 0 radical (unpaired) electrons. The molecule has 0 saturated heterocycles. The maximum Gasteiger partial charge on any atom is 0.231 e. The van der Waals surface area contributed by atoms with E-state index < -0.39 is 0 Å². The predicted molar refractivity (Wildman–Crippen MR) is 88.3 cm³/mol. The number of benzene rings is 1. The summed E-state index contributed by atoms with van der Waals surface area (Å²) >= 11 is 4.99. The summed E-state index contributed by atoms with van der Waals surface area (Å²) in [6.07, 6.45) is 0. The summed E-state index contributed by atoms with van der Waals surface area (Å²) in [4.78, 5) is 13.4. The zero-order chi connectivity index (χ0) is 15.8. The van der Waals surface area contributed by atoms with Gasteiger partial charge in [0.25, 0.3) is 0 Å². The SMILES string of the molecule is CC(C)CN(CCOc1ccccc1C(N)=S)CC(N)=O. The van der Waals surface area contributed by atoms with Gasteiger partial charge in [0.1, 0.15) is 17.3 Å². The fraction of sp³-hybridized carbons (Fsp3) is 0.467. The minimum atomic E-state index is -0.334. The zero-order valence-corrected chi connectivity index (χ0v) is 13.4. The molecule has 1 amide bonds. The summed E-state index contributed by atoms with van der Waals surface area (Å²) < 4.78 is 5.73. The first-order chi connectivity index (χ1) is 9.90. The van der Waals surface area contributed by atoms with Crippen LogP contribution in [0, 0.1) is 5.92 Å². The molecule has 116 valence electrons. The average molecular weight is 309 g/mol. The third-order valence-electron chi connectivity index (χ3n) is 2.82. The van der Waals surface area contributed by atoms with Crippen LogP contribution in [0.4, 0.5) is 0 Å². The highest BCUT2D eigenvalue weighted by Crippen LogP contribution is 2.17. The van der Waals surface area contributed by atoms with Crippen molar-refractivity contribution in [1.29, 1.82) is 0 Å². The molecule has 0 aliphatic heterocycles. The van der Waals surface area contributed by atoms with Crippen molar-refractivity contribution >= 4 is 23.1 Å². The summed E-state index contributed by atoms with van der Waals surface area (Å²) in [5.41, 5.74) is 11.6. The van der Waals surface area contributed by atoms with E-state index in [1.165, 1.54) is 0 Å². The minimum absolute atomic E-state index is 0.235. The van der Waals surface area contributed by atoms with Crippen LogP contribution in [-0.2, 0) is 4.79 Å². The van der Waals surface area contributed by atoms with E-state index in [-0.39, 0.29) is 12.5 Å². The van der Waals surface area contributed by atoms with E-state index in [0.717, 1.165) is 12.1 Å². The fourth-order valence-corrected chi connectivity index (χ4v) is 2.22. The molecule has 0 saturated carbocycles. The maximum atomic E-state index is 11.1. The van der Waals surface area contributed by atoms with Crippen molar-refractivity contribution < 1.29 is 9.53 Å². The first-order valence-corrected chi connectivity index (χ1v) is 7.33. The van der Waals surface area contributed by atoms with Crippen LogP contribution in [0.1, 0.15) is 19.4 Å². The van der Waals surface area contributed by atoms with E-state index >= 15 is 0 Å². The Morgan fingerprint density at radius 2 is 2.00 bits per heavy atom. The highest BCUT2D eigenvalue weighted by atomic mass is 32.1. The molecule has 1 aromatic rings. The molecule has 21 heavy (non-hydrogen) atoms. The second-order valence-corrected chi connectivity index (χ2v) is 5.74. The van der Waals surface area contributed by atoms with E-state index in [2.05, 4.69) is 13.8 Å². The molecule has 0 atom stereocenters. The van der Waals surface area contributed by atoms with Crippen molar-refractivity contribution in [2.24, 2.45) is 17.4 Å². The van der Waals surface area contributed by atoms with Gasteiger partial charge in [-0.3, -0.25) is 9.69 Å². The third kappa shape index (κ3) is 6.55. The van der Waals surface area contributed by atoms with Gasteiger partial charge in [0.05, 0.1) is 12.1 Å². The van der Waals surface area contributed by atoms with E-state index in [9.17, 15) is 4.79 Å². The number of ether oxygens (including phenoxy) is 1. The number of rotatable bonds is 9. The lowest BCUT2D eigenvalue weighted by Crippen LogP contribution is -2.38. The van der Waals surface area contributed by atoms with Crippen molar-refractivity contribution in [3.8, 4) is 5.75 Å². The van der Waals surface area contributed by atoms with Crippen LogP contribution < -0.4 is 16.2 Å². The third-order valence-corrected chi connectivity index (χ3v) is 3.04. The normalized spacial score (nSPS) is 10.9. The monoisotopic (exact) mass is 309 g/mol. The lowest BCUT2D eigenvalue weighted by Gasteiger charge is -2.23. The number of nitrogens with two attached hydrogens (primary N) is 2. The van der Waals surface area contributed by atoms with Crippen molar-refractivity contribution in [2.45, 2.75) is 13.8 Å². The molecule has 4 N–H and O–H groups in total. The van der Waals surface area contributed by atoms with Crippen molar-refractivity contribution in [2.75, 3.05) is 26.2 Å². The fourth-order valence-electron chi connectivity index (χ4n) is 2.05. The molecule has 0 bridgehead atoms. The van der Waals surface area contributed by atoms with Gasteiger partial charge in [0.15, 0.2) is 0 Å². The number of hydrogen-bond donors (Lipinski definition) is 2. The molecule has 0 heterocycles. The molecular formula is C15H23N3O2S. The van der Waals surface area contributed by atoms with Crippen molar-refractivity contribution in [3.63, 3.8) is 0 Å². The number of thiocarbonyl (C=S) groups is 1. The number of para-hydroxylation sites is 1. The molecule has 0 fully saturated rings. The van der Waals surface area contributed by atoms with Crippen LogP contribution in [0.25, 0.3) is 0 Å². The minimum Gasteiger partial charge on any atom is -0.492 e. The average Bonchev–Trinajstić information content (AvgIpc) is 2.37. The molecular weight excluding hydrogens is 286 g/mol. The first kappa shape index (κ1) is 17.4. The largest absolute Gasteiger partial charge is 0.492 e. The standard InChI is InChI=1S/C15H23N3O2S/c1-11(2)9-18(10-14(16)19)7-8-20-13-6-4-3-5-12(13)15(17)21/h3-6,11H,7-10H2,1-2H3,(H2,16,19)(H2,17,21). The van der Waals surface area contributed by atoms with Gasteiger partial charge in [-0.2, -0.15) is 0 Å². The number of amides is 1. The van der Waals surface area contributed by atoms with E-state index in [0.29, 0.717) is 29.8 Å². The molecule has 0 aromatic heterocycles. The van der Waals surface area contributed by atoms with Crippen LogP contribution in [0.15, 0.2) is 24.3 Å². The van der Waals surface area contributed by atoms with Gasteiger partial charge in [-0.05, 0) is 18.1 Å². The van der Waals surface area contributed by atoms with Crippen LogP contribution in [0.3, 0.4) is 0 Å². The Labute approximate surface area is 131 Å². The molecule has 0 unspecified atom stereocenters. The molecule has 1 aromatic carbocycles. The van der Waals surface area contributed by atoms with Crippen LogP contribution in [0.2, 0.25) is 0 Å². The Bertz CT molecular complexity index is 492. The lowest BCUT2D eigenvalue weighted by molar-refractivity contribution is -0.119. The van der Waals surface area contributed by atoms with Crippen LogP contribution >= 0.6 is 12.2 Å². The maximum absolute atomic E-state index is 11.1. The number of carbonyl (C=O) groups excluding carboxylic acids is 1. The highest BCUT2D eigenvalue weighted by Gasteiger charge is 2.11. The second kappa shape index (κ2) is 8.59. The summed E-state index contributed by atoms with van der Waals surface area (Å²) in [6.45, 7) is 6.28. The molecule has 1 rings (SSSR count). The van der Waals surface area contributed by atoms with Crippen LogP contribution in [0.5, 0.6) is 5.75 Å². The molecule has 0 aliphatic rings. The molecule has 0 aliphatic carbocycles. The Balaban J connectivity index is 2.57. The van der Waals surface area contributed by atoms with Gasteiger partial charge in [-0.15, -0.1) is 0 Å². The number of nitrogens with zero attached hydrogens (tertiary/aromatic N) is 1. The molecule has 6 heteroatoms. The summed E-state index contributed by atoms with van der Waals surface area (Å²) in [7, 11) is 0. The Hall–Kier alpha value is -1.66.